The summed E-state index contributed by atoms with van der Waals surface area (Å²) in [6.45, 7) is 1.51. The van der Waals surface area contributed by atoms with E-state index in [0.29, 0.717) is 38.2 Å². The van der Waals surface area contributed by atoms with Gasteiger partial charge in [-0.05, 0) is 55.3 Å². The number of nitrogens with one attached hydrogen (secondary N) is 1. The number of sulfonamides is 2. The lowest BCUT2D eigenvalue weighted by Crippen LogP contribution is -2.43. The molecular formula is C21H27N3O5S3. The minimum absolute atomic E-state index is 0.109. The van der Waals surface area contributed by atoms with E-state index in [1.807, 2.05) is 0 Å². The van der Waals surface area contributed by atoms with Crippen molar-refractivity contribution < 1.29 is 21.6 Å². The Morgan fingerprint density at radius 1 is 0.906 bits per heavy atom. The molecule has 0 bridgehead atoms. The van der Waals surface area contributed by atoms with Crippen molar-refractivity contribution in [3.63, 3.8) is 0 Å². The Morgan fingerprint density at radius 3 is 2.38 bits per heavy atom. The molecule has 2 aliphatic heterocycles. The molecule has 2 aliphatic rings. The predicted molar refractivity (Wildman–Crippen MR) is 123 cm³/mol. The average molecular weight is 498 g/mol. The van der Waals surface area contributed by atoms with Crippen LogP contribution in [-0.2, 0) is 24.8 Å². The van der Waals surface area contributed by atoms with Gasteiger partial charge in [0.25, 0.3) is 10.0 Å². The molecule has 3 heterocycles. The lowest BCUT2D eigenvalue weighted by atomic mass is 9.99. The van der Waals surface area contributed by atoms with Crippen LogP contribution in [0.1, 0.15) is 32.1 Å². The van der Waals surface area contributed by atoms with Crippen molar-refractivity contribution in [1.82, 2.24) is 8.61 Å². The summed E-state index contributed by atoms with van der Waals surface area (Å²) in [4.78, 5) is 13.1. The van der Waals surface area contributed by atoms with Gasteiger partial charge in [0.2, 0.25) is 15.9 Å². The zero-order valence-corrected chi connectivity index (χ0v) is 20.1. The number of anilines is 1. The predicted octanol–water partition coefficient (Wildman–Crippen LogP) is 2.96. The molecule has 11 heteroatoms. The third-order valence-corrected chi connectivity index (χ3v) is 11.0. The zero-order valence-electron chi connectivity index (χ0n) is 17.6. The SMILES string of the molecule is O=C(Nc1cccc(S(=O)(=O)N2CCCCC2)c1)[C@H]1CCCN(S(=O)(=O)c2cccs2)C1. The van der Waals surface area contributed by atoms with Gasteiger partial charge in [-0.3, -0.25) is 4.79 Å². The molecule has 174 valence electrons. The summed E-state index contributed by atoms with van der Waals surface area (Å²) in [5, 5.41) is 4.51. The maximum absolute atomic E-state index is 12.9. The highest BCUT2D eigenvalue weighted by Crippen LogP contribution is 2.28. The van der Waals surface area contributed by atoms with Gasteiger partial charge in [-0.2, -0.15) is 8.61 Å². The first-order valence-corrected chi connectivity index (χ1v) is 14.5. The first-order chi connectivity index (χ1) is 15.3. The van der Waals surface area contributed by atoms with Crippen LogP contribution in [0.2, 0.25) is 0 Å². The zero-order chi connectivity index (χ0) is 22.8. The van der Waals surface area contributed by atoms with E-state index < -0.39 is 26.0 Å². The van der Waals surface area contributed by atoms with E-state index in [9.17, 15) is 21.6 Å². The molecule has 1 aromatic heterocycles. The Hall–Kier alpha value is -1.79. The standard InChI is InChI=1S/C21H27N3O5S3/c25-21(17-7-5-13-24(16-17)32(28,29)20-10-6-14-30-20)22-18-8-4-9-19(15-18)31(26,27)23-11-2-1-3-12-23/h4,6,8-10,14-15,17H,1-3,5,7,11-13,16H2,(H,22,25)/t17-/m0/s1. The number of carbonyl (C=O) groups is 1. The van der Waals surface area contributed by atoms with E-state index in [1.165, 1.54) is 20.7 Å². The maximum atomic E-state index is 12.9. The Balaban J connectivity index is 1.45. The first kappa shape index (κ1) is 23.4. The molecule has 0 saturated carbocycles. The Morgan fingerprint density at radius 2 is 1.66 bits per heavy atom. The molecule has 1 amide bonds. The number of piperidine rings is 2. The number of hydrogen-bond donors (Lipinski definition) is 1. The Labute approximate surface area is 193 Å². The van der Waals surface area contributed by atoms with Crippen molar-refractivity contribution in [2.24, 2.45) is 5.92 Å². The van der Waals surface area contributed by atoms with Crippen LogP contribution in [0, 0.1) is 5.92 Å². The van der Waals surface area contributed by atoms with Crippen molar-refractivity contribution in [2.75, 3.05) is 31.5 Å². The van der Waals surface area contributed by atoms with Crippen LogP contribution in [0.3, 0.4) is 0 Å². The van der Waals surface area contributed by atoms with Crippen LogP contribution >= 0.6 is 11.3 Å². The van der Waals surface area contributed by atoms with Crippen molar-refractivity contribution in [3.05, 3.63) is 41.8 Å². The van der Waals surface area contributed by atoms with Crippen LogP contribution in [-0.4, -0.2) is 57.5 Å². The second kappa shape index (κ2) is 9.60. The monoisotopic (exact) mass is 497 g/mol. The van der Waals surface area contributed by atoms with Gasteiger partial charge in [0.1, 0.15) is 4.21 Å². The van der Waals surface area contributed by atoms with Gasteiger partial charge < -0.3 is 5.32 Å². The molecule has 4 rings (SSSR count). The van der Waals surface area contributed by atoms with E-state index in [1.54, 1.807) is 29.6 Å². The van der Waals surface area contributed by atoms with Crippen molar-refractivity contribution in [2.45, 2.75) is 41.2 Å². The number of thiophene rings is 1. The first-order valence-electron chi connectivity index (χ1n) is 10.7. The summed E-state index contributed by atoms with van der Waals surface area (Å²) in [7, 11) is -7.21. The van der Waals surface area contributed by atoms with Gasteiger partial charge in [0, 0.05) is 31.9 Å². The van der Waals surface area contributed by atoms with Crippen molar-refractivity contribution in [1.29, 1.82) is 0 Å². The van der Waals surface area contributed by atoms with Crippen molar-refractivity contribution >= 4 is 43.0 Å². The minimum Gasteiger partial charge on any atom is -0.326 e. The average Bonchev–Trinajstić information content (AvgIpc) is 3.36. The van der Waals surface area contributed by atoms with Gasteiger partial charge in [-0.25, -0.2) is 16.8 Å². The highest BCUT2D eigenvalue weighted by atomic mass is 32.2. The number of rotatable bonds is 6. The quantitative estimate of drug-likeness (QED) is 0.661. The summed E-state index contributed by atoms with van der Waals surface area (Å²) < 4.78 is 54.6. The van der Waals surface area contributed by atoms with Crippen LogP contribution in [0.15, 0.2) is 50.9 Å². The molecule has 0 radical (unpaired) electrons. The van der Waals surface area contributed by atoms with Crippen LogP contribution < -0.4 is 5.32 Å². The molecule has 1 N–H and O–H groups in total. The molecular weight excluding hydrogens is 470 g/mol. The molecule has 8 nitrogen and oxygen atoms in total. The van der Waals surface area contributed by atoms with Crippen molar-refractivity contribution in [3.8, 4) is 0 Å². The molecule has 2 saturated heterocycles. The van der Waals surface area contributed by atoms with E-state index in [-0.39, 0.29) is 21.6 Å². The highest BCUT2D eigenvalue weighted by molar-refractivity contribution is 7.91. The number of amides is 1. The third-order valence-electron chi connectivity index (χ3n) is 5.90. The van der Waals surface area contributed by atoms with E-state index >= 15 is 0 Å². The van der Waals surface area contributed by atoms with Crippen LogP contribution in [0.4, 0.5) is 5.69 Å². The van der Waals surface area contributed by atoms with Gasteiger partial charge in [-0.15, -0.1) is 11.3 Å². The summed E-state index contributed by atoms with van der Waals surface area (Å²) >= 11 is 1.16. The van der Waals surface area contributed by atoms with E-state index in [0.717, 1.165) is 30.6 Å². The smallest absolute Gasteiger partial charge is 0.252 e. The highest BCUT2D eigenvalue weighted by Gasteiger charge is 2.34. The fourth-order valence-electron chi connectivity index (χ4n) is 4.15. The Kier molecular flexibility index (Phi) is 7.01. The topological polar surface area (TPSA) is 104 Å². The fourth-order valence-corrected chi connectivity index (χ4v) is 8.38. The van der Waals surface area contributed by atoms with E-state index in [4.69, 9.17) is 0 Å². The van der Waals surface area contributed by atoms with Gasteiger partial charge in [0.15, 0.2) is 0 Å². The van der Waals surface area contributed by atoms with Gasteiger partial charge in [0.05, 0.1) is 10.8 Å². The second-order valence-corrected chi connectivity index (χ2v) is 13.2. The van der Waals surface area contributed by atoms with E-state index in [2.05, 4.69) is 5.32 Å². The number of hydrogen-bond acceptors (Lipinski definition) is 6. The lowest BCUT2D eigenvalue weighted by molar-refractivity contribution is -0.120. The molecule has 0 unspecified atom stereocenters. The molecule has 1 atom stereocenters. The number of nitrogens with zero attached hydrogens (tertiary/aromatic N) is 2. The summed E-state index contributed by atoms with van der Waals surface area (Å²) in [5.41, 5.74) is 0.395. The number of carbonyl (C=O) groups excluding carboxylic acids is 1. The molecule has 2 fully saturated rings. The van der Waals surface area contributed by atoms with Crippen LogP contribution in [0.25, 0.3) is 0 Å². The lowest BCUT2D eigenvalue weighted by Gasteiger charge is -2.30. The normalized spacial score (nSPS) is 21.3. The molecule has 2 aromatic rings. The largest absolute Gasteiger partial charge is 0.326 e. The molecule has 0 spiro atoms. The second-order valence-electron chi connectivity index (χ2n) is 8.12. The minimum atomic E-state index is -3.61. The summed E-state index contributed by atoms with van der Waals surface area (Å²) in [5.74, 6) is -0.801. The fraction of sp³-hybridized carbons (Fsp3) is 0.476. The van der Waals surface area contributed by atoms with Gasteiger partial charge >= 0.3 is 0 Å². The maximum Gasteiger partial charge on any atom is 0.252 e. The van der Waals surface area contributed by atoms with Crippen LogP contribution in [0.5, 0.6) is 0 Å². The molecule has 0 aliphatic carbocycles. The third kappa shape index (κ3) is 4.91. The Bertz CT molecular complexity index is 1160. The van der Waals surface area contributed by atoms with Gasteiger partial charge in [-0.1, -0.05) is 18.6 Å². The molecule has 1 aromatic carbocycles. The molecule has 32 heavy (non-hydrogen) atoms. The summed E-state index contributed by atoms with van der Waals surface area (Å²) in [6, 6.07) is 9.53. The number of benzene rings is 1. The summed E-state index contributed by atoms with van der Waals surface area (Å²) in [6.07, 6.45) is 3.90.